The van der Waals surface area contributed by atoms with Gasteiger partial charge in [0.1, 0.15) is 5.82 Å². The van der Waals surface area contributed by atoms with E-state index in [-0.39, 0.29) is 11.9 Å². The lowest BCUT2D eigenvalue weighted by Crippen LogP contribution is -2.20. The summed E-state index contributed by atoms with van der Waals surface area (Å²) in [6.07, 6.45) is 0.333. The summed E-state index contributed by atoms with van der Waals surface area (Å²) in [6, 6.07) is 6.55. The third-order valence-corrected chi connectivity index (χ3v) is 2.67. The molecule has 0 aliphatic heterocycles. The van der Waals surface area contributed by atoms with Gasteiger partial charge in [0.25, 0.3) is 0 Å². The molecule has 0 aliphatic rings. The van der Waals surface area contributed by atoms with Gasteiger partial charge in [-0.3, -0.25) is 4.72 Å². The van der Waals surface area contributed by atoms with Crippen molar-refractivity contribution < 1.29 is 9.50 Å². The van der Waals surface area contributed by atoms with Gasteiger partial charge in [0.05, 0.1) is 11.0 Å². The Morgan fingerprint density at radius 2 is 2.21 bits per heavy atom. The molecule has 1 aromatic carbocycles. The van der Waals surface area contributed by atoms with Crippen LogP contribution in [0.15, 0.2) is 29.2 Å². The third-order valence-electron chi connectivity index (χ3n) is 1.81. The molecule has 0 saturated carbocycles. The summed E-state index contributed by atoms with van der Waals surface area (Å²) < 4.78 is 16.0. The molecule has 1 aromatic rings. The molecule has 0 amide bonds. The van der Waals surface area contributed by atoms with E-state index >= 15 is 0 Å². The number of rotatable bonds is 5. The van der Waals surface area contributed by atoms with Crippen molar-refractivity contribution in [2.24, 2.45) is 0 Å². The van der Waals surface area contributed by atoms with Gasteiger partial charge in [-0.25, -0.2) is 4.39 Å². The van der Waals surface area contributed by atoms with Crippen molar-refractivity contribution in [2.75, 3.05) is 6.54 Å². The van der Waals surface area contributed by atoms with Gasteiger partial charge in [0.15, 0.2) is 0 Å². The van der Waals surface area contributed by atoms with Crippen molar-refractivity contribution in [3.05, 3.63) is 30.1 Å². The first-order chi connectivity index (χ1) is 6.74. The third kappa shape index (κ3) is 3.65. The van der Waals surface area contributed by atoms with Crippen LogP contribution in [0.5, 0.6) is 0 Å². The molecule has 0 saturated heterocycles. The average molecular weight is 215 g/mol. The first-order valence-corrected chi connectivity index (χ1v) is 5.38. The zero-order chi connectivity index (χ0) is 10.4. The highest BCUT2D eigenvalue weighted by Crippen LogP contribution is 2.17. The van der Waals surface area contributed by atoms with Crippen molar-refractivity contribution in [3.63, 3.8) is 0 Å². The Balaban J connectivity index is 2.35. The van der Waals surface area contributed by atoms with Crippen LogP contribution in [-0.4, -0.2) is 17.8 Å². The second-order valence-electron chi connectivity index (χ2n) is 2.94. The SMILES string of the molecule is CC[C@@H](O)CNSc1ccccc1F. The van der Waals surface area contributed by atoms with E-state index in [2.05, 4.69) is 4.72 Å². The van der Waals surface area contributed by atoms with Crippen LogP contribution in [0.1, 0.15) is 13.3 Å². The molecule has 0 heterocycles. The number of nitrogens with one attached hydrogen (secondary N) is 1. The summed E-state index contributed by atoms with van der Waals surface area (Å²) in [6.45, 7) is 2.37. The fourth-order valence-electron chi connectivity index (χ4n) is 0.887. The lowest BCUT2D eigenvalue weighted by molar-refractivity contribution is 0.175. The molecule has 0 spiro atoms. The van der Waals surface area contributed by atoms with E-state index in [0.717, 1.165) is 0 Å². The molecule has 78 valence electrons. The number of aliphatic hydroxyl groups excluding tert-OH is 1. The summed E-state index contributed by atoms with van der Waals surface area (Å²) in [5, 5.41) is 9.24. The smallest absolute Gasteiger partial charge is 0.138 e. The fourth-order valence-corrected chi connectivity index (χ4v) is 1.63. The van der Waals surface area contributed by atoms with Crippen molar-refractivity contribution in [1.29, 1.82) is 0 Å². The fraction of sp³-hybridized carbons (Fsp3) is 0.400. The van der Waals surface area contributed by atoms with Gasteiger partial charge in [-0.2, -0.15) is 0 Å². The Hall–Kier alpha value is -0.580. The normalized spacial score (nSPS) is 12.8. The molecule has 1 rings (SSSR count). The topological polar surface area (TPSA) is 32.3 Å². The van der Waals surface area contributed by atoms with Crippen molar-refractivity contribution in [2.45, 2.75) is 24.3 Å². The Bertz CT molecular complexity index is 283. The standard InChI is InChI=1S/C10H14FNOS/c1-2-8(13)7-12-14-10-6-4-3-5-9(10)11/h3-6,8,12-13H,2,7H2,1H3/t8-/m1/s1. The van der Waals surface area contributed by atoms with E-state index in [1.807, 2.05) is 6.92 Å². The second kappa shape index (κ2) is 6.01. The van der Waals surface area contributed by atoms with Gasteiger partial charge in [-0.15, -0.1) is 0 Å². The minimum Gasteiger partial charge on any atom is -0.392 e. The van der Waals surface area contributed by atoms with Crippen molar-refractivity contribution >= 4 is 11.9 Å². The van der Waals surface area contributed by atoms with Crippen LogP contribution < -0.4 is 4.72 Å². The number of hydrogen-bond acceptors (Lipinski definition) is 3. The predicted octanol–water partition coefficient (Wildman–Crippen LogP) is 2.19. The van der Waals surface area contributed by atoms with Gasteiger partial charge in [-0.1, -0.05) is 19.1 Å². The van der Waals surface area contributed by atoms with Crippen molar-refractivity contribution in [3.8, 4) is 0 Å². The lowest BCUT2D eigenvalue weighted by atomic mass is 10.3. The average Bonchev–Trinajstić information content (AvgIpc) is 2.20. The zero-order valence-corrected chi connectivity index (χ0v) is 8.85. The Morgan fingerprint density at radius 3 is 2.86 bits per heavy atom. The van der Waals surface area contributed by atoms with E-state index in [1.165, 1.54) is 18.0 Å². The Labute approximate surface area is 87.7 Å². The highest BCUT2D eigenvalue weighted by atomic mass is 32.2. The number of benzene rings is 1. The van der Waals surface area contributed by atoms with E-state index < -0.39 is 0 Å². The Kier molecular flexibility index (Phi) is 4.93. The maximum absolute atomic E-state index is 13.1. The maximum Gasteiger partial charge on any atom is 0.138 e. The summed E-state index contributed by atoms with van der Waals surface area (Å²) in [5.74, 6) is -0.240. The van der Waals surface area contributed by atoms with Crippen LogP contribution in [0.2, 0.25) is 0 Å². The van der Waals surface area contributed by atoms with Gasteiger partial charge in [0, 0.05) is 6.54 Å². The molecule has 14 heavy (non-hydrogen) atoms. The molecular weight excluding hydrogens is 201 g/mol. The van der Waals surface area contributed by atoms with Gasteiger partial charge < -0.3 is 5.11 Å². The summed E-state index contributed by atoms with van der Waals surface area (Å²) in [5.41, 5.74) is 0. The van der Waals surface area contributed by atoms with E-state index in [4.69, 9.17) is 0 Å². The maximum atomic E-state index is 13.1. The molecule has 0 radical (unpaired) electrons. The molecule has 0 unspecified atom stereocenters. The largest absolute Gasteiger partial charge is 0.392 e. The summed E-state index contributed by atoms with van der Waals surface area (Å²) in [4.78, 5) is 0.552. The van der Waals surface area contributed by atoms with Crippen LogP contribution >= 0.6 is 11.9 Å². The first-order valence-electron chi connectivity index (χ1n) is 4.56. The highest BCUT2D eigenvalue weighted by molar-refractivity contribution is 7.97. The van der Waals surface area contributed by atoms with E-state index in [9.17, 15) is 9.50 Å². The minimum atomic E-state index is -0.366. The highest BCUT2D eigenvalue weighted by Gasteiger charge is 2.03. The number of hydrogen-bond donors (Lipinski definition) is 2. The van der Waals surface area contributed by atoms with Crippen LogP contribution in [0, 0.1) is 5.82 Å². The molecule has 0 aliphatic carbocycles. The Morgan fingerprint density at radius 1 is 1.50 bits per heavy atom. The number of halogens is 1. The summed E-state index contributed by atoms with van der Waals surface area (Å²) in [7, 11) is 0. The lowest BCUT2D eigenvalue weighted by Gasteiger charge is -2.08. The quantitative estimate of drug-likeness (QED) is 0.738. The van der Waals surface area contributed by atoms with Gasteiger partial charge >= 0.3 is 0 Å². The predicted molar refractivity (Wildman–Crippen MR) is 56.6 cm³/mol. The second-order valence-corrected chi connectivity index (χ2v) is 3.88. The molecule has 2 N–H and O–H groups in total. The number of aliphatic hydroxyl groups is 1. The molecule has 0 aromatic heterocycles. The van der Waals surface area contributed by atoms with E-state index in [1.54, 1.807) is 18.2 Å². The van der Waals surface area contributed by atoms with Crippen LogP contribution in [0.4, 0.5) is 4.39 Å². The molecule has 1 atom stereocenters. The van der Waals surface area contributed by atoms with Crippen LogP contribution in [0.3, 0.4) is 0 Å². The van der Waals surface area contributed by atoms with E-state index in [0.29, 0.717) is 17.9 Å². The molecular formula is C10H14FNOS. The van der Waals surface area contributed by atoms with Crippen LogP contribution in [-0.2, 0) is 0 Å². The van der Waals surface area contributed by atoms with Crippen molar-refractivity contribution in [1.82, 2.24) is 4.72 Å². The van der Waals surface area contributed by atoms with Crippen LogP contribution in [0.25, 0.3) is 0 Å². The molecule has 4 heteroatoms. The summed E-state index contributed by atoms with van der Waals surface area (Å²) >= 11 is 1.21. The van der Waals surface area contributed by atoms with Gasteiger partial charge in [0.2, 0.25) is 0 Å². The molecule has 0 bridgehead atoms. The molecule has 0 fully saturated rings. The minimum absolute atomic E-state index is 0.240. The van der Waals surface area contributed by atoms with Gasteiger partial charge in [-0.05, 0) is 30.5 Å². The first kappa shape index (κ1) is 11.5. The zero-order valence-electron chi connectivity index (χ0n) is 8.03. The monoisotopic (exact) mass is 215 g/mol. The molecule has 2 nitrogen and oxygen atoms in total.